The highest BCUT2D eigenvalue weighted by molar-refractivity contribution is 7.89. The number of benzene rings is 1. The van der Waals surface area contributed by atoms with Crippen LogP contribution in [0.15, 0.2) is 33.7 Å². The Kier molecular flexibility index (Phi) is 7.22. The zero-order valence-corrected chi connectivity index (χ0v) is 18.5. The number of carbonyl (C=O) groups excluding carboxylic acids is 1. The van der Waals surface area contributed by atoms with E-state index in [2.05, 4.69) is 20.4 Å². The molecule has 30 heavy (non-hydrogen) atoms. The van der Waals surface area contributed by atoms with Crippen molar-refractivity contribution in [3.8, 4) is 0 Å². The number of nitrogens with zero attached hydrogens (tertiary/aromatic N) is 4. The van der Waals surface area contributed by atoms with Crippen LogP contribution < -0.4 is 5.32 Å². The lowest BCUT2D eigenvalue weighted by atomic mass is 10.2. The van der Waals surface area contributed by atoms with Crippen LogP contribution in [0.1, 0.15) is 44.3 Å². The maximum Gasteiger partial charge on any atom is 0.243 e. The van der Waals surface area contributed by atoms with Crippen LogP contribution in [-0.4, -0.2) is 66.9 Å². The first-order valence-electron chi connectivity index (χ1n) is 10.2. The number of aryl methyl sites for hydroxylation is 1. The quantitative estimate of drug-likeness (QED) is 0.676. The highest BCUT2D eigenvalue weighted by Gasteiger charge is 2.27. The summed E-state index contributed by atoms with van der Waals surface area (Å²) < 4.78 is 32.2. The number of hydrogen-bond donors (Lipinski definition) is 1. The van der Waals surface area contributed by atoms with Crippen molar-refractivity contribution in [3.63, 3.8) is 0 Å². The molecule has 164 valence electrons. The van der Waals surface area contributed by atoms with Gasteiger partial charge in [0.05, 0.1) is 4.90 Å². The van der Waals surface area contributed by atoms with Gasteiger partial charge < -0.3 is 14.7 Å². The lowest BCUT2D eigenvalue weighted by molar-refractivity contribution is -0.116. The Balaban J connectivity index is 1.49. The molecule has 1 aliphatic heterocycles. The molecule has 0 unspecified atom stereocenters. The molecule has 1 saturated heterocycles. The van der Waals surface area contributed by atoms with Gasteiger partial charge in [-0.1, -0.05) is 19.0 Å². The van der Waals surface area contributed by atoms with Crippen LogP contribution in [0.25, 0.3) is 0 Å². The van der Waals surface area contributed by atoms with Crippen molar-refractivity contribution in [1.82, 2.24) is 19.3 Å². The third kappa shape index (κ3) is 5.65. The van der Waals surface area contributed by atoms with E-state index in [4.69, 9.17) is 4.52 Å². The molecule has 1 aromatic carbocycles. The van der Waals surface area contributed by atoms with Crippen molar-refractivity contribution >= 4 is 21.6 Å². The number of likely N-dealkylation sites (N-methyl/N-ethyl adjacent to an activating group) is 1. The van der Waals surface area contributed by atoms with E-state index >= 15 is 0 Å². The number of nitrogens with one attached hydrogen (secondary N) is 1. The number of amides is 1. The van der Waals surface area contributed by atoms with E-state index in [0.29, 0.717) is 49.8 Å². The number of hydrogen-bond acceptors (Lipinski definition) is 7. The van der Waals surface area contributed by atoms with E-state index in [1.165, 1.54) is 16.4 Å². The summed E-state index contributed by atoms with van der Waals surface area (Å²) in [7, 11) is -1.53. The predicted molar refractivity (Wildman–Crippen MR) is 113 cm³/mol. The molecule has 2 heterocycles. The van der Waals surface area contributed by atoms with E-state index in [0.717, 1.165) is 13.1 Å². The lowest BCUT2D eigenvalue weighted by Crippen LogP contribution is -2.46. The molecule has 10 heteroatoms. The third-order valence-electron chi connectivity index (χ3n) is 5.03. The van der Waals surface area contributed by atoms with Gasteiger partial charge in [0.15, 0.2) is 5.82 Å². The first kappa shape index (κ1) is 22.4. The summed E-state index contributed by atoms with van der Waals surface area (Å²) in [6, 6.07) is 6.31. The zero-order valence-electron chi connectivity index (χ0n) is 17.7. The molecule has 2 aromatic rings. The molecule has 3 rings (SSSR count). The van der Waals surface area contributed by atoms with Gasteiger partial charge in [0.1, 0.15) is 0 Å². The summed E-state index contributed by atoms with van der Waals surface area (Å²) in [4.78, 5) is 18.8. The minimum absolute atomic E-state index is 0.145. The van der Waals surface area contributed by atoms with Gasteiger partial charge in [0.25, 0.3) is 0 Å². The van der Waals surface area contributed by atoms with Crippen LogP contribution in [0.4, 0.5) is 5.69 Å². The van der Waals surface area contributed by atoms with E-state index in [1.807, 2.05) is 20.9 Å². The van der Waals surface area contributed by atoms with Crippen LogP contribution in [0.5, 0.6) is 0 Å². The number of aromatic nitrogens is 2. The fourth-order valence-corrected chi connectivity index (χ4v) is 4.54. The standard InChI is InChI=1S/C20H29N5O4S/c1-15(2)20-22-19(29-23-20)6-4-5-18(26)21-16-7-9-17(10-8-16)30(27,28)25-13-11-24(3)12-14-25/h7-10,15H,4-6,11-14H2,1-3H3,(H,21,26). The van der Waals surface area contributed by atoms with Gasteiger partial charge >= 0.3 is 0 Å². The Labute approximate surface area is 177 Å². The van der Waals surface area contributed by atoms with Gasteiger partial charge in [-0.2, -0.15) is 9.29 Å². The maximum absolute atomic E-state index is 12.7. The van der Waals surface area contributed by atoms with Gasteiger partial charge in [-0.15, -0.1) is 0 Å². The lowest BCUT2D eigenvalue weighted by Gasteiger charge is -2.31. The van der Waals surface area contributed by atoms with Crippen molar-refractivity contribution in [2.24, 2.45) is 0 Å². The Hall–Kier alpha value is -2.30. The number of piperazine rings is 1. The van der Waals surface area contributed by atoms with Crippen molar-refractivity contribution in [2.75, 3.05) is 38.5 Å². The molecule has 1 aromatic heterocycles. The molecule has 0 aliphatic carbocycles. The van der Waals surface area contributed by atoms with Crippen LogP contribution in [-0.2, 0) is 21.2 Å². The van der Waals surface area contributed by atoms with Crippen molar-refractivity contribution in [1.29, 1.82) is 0 Å². The van der Waals surface area contributed by atoms with Gasteiger partial charge in [0, 0.05) is 50.6 Å². The number of sulfonamides is 1. The Morgan fingerprint density at radius 1 is 1.17 bits per heavy atom. The molecule has 9 nitrogen and oxygen atoms in total. The largest absolute Gasteiger partial charge is 0.339 e. The second-order valence-corrected chi connectivity index (χ2v) is 9.77. The monoisotopic (exact) mass is 435 g/mol. The van der Waals surface area contributed by atoms with E-state index in [-0.39, 0.29) is 16.7 Å². The normalized spacial score (nSPS) is 16.1. The first-order chi connectivity index (χ1) is 14.3. The highest BCUT2D eigenvalue weighted by Crippen LogP contribution is 2.20. The van der Waals surface area contributed by atoms with Gasteiger partial charge in [0.2, 0.25) is 21.8 Å². The summed E-state index contributed by atoms with van der Waals surface area (Å²) in [6.07, 6.45) is 1.43. The maximum atomic E-state index is 12.7. The van der Waals surface area contributed by atoms with Gasteiger partial charge in [-0.05, 0) is 37.7 Å². The predicted octanol–water partition coefficient (Wildman–Crippen LogP) is 2.09. The van der Waals surface area contributed by atoms with Crippen molar-refractivity contribution in [2.45, 2.75) is 43.9 Å². The molecule has 0 bridgehead atoms. The SMILES string of the molecule is CC(C)c1noc(CCCC(=O)Nc2ccc(S(=O)(=O)N3CCN(C)CC3)cc2)n1. The fourth-order valence-electron chi connectivity index (χ4n) is 3.12. The van der Waals surface area contributed by atoms with Crippen molar-refractivity contribution < 1.29 is 17.7 Å². The Morgan fingerprint density at radius 2 is 1.83 bits per heavy atom. The smallest absolute Gasteiger partial charge is 0.243 e. The zero-order chi connectivity index (χ0) is 21.7. The van der Waals surface area contributed by atoms with Crippen LogP contribution in [0, 0.1) is 0 Å². The molecule has 0 spiro atoms. The van der Waals surface area contributed by atoms with E-state index in [1.54, 1.807) is 12.1 Å². The molecule has 1 fully saturated rings. The number of carbonyl (C=O) groups is 1. The molecule has 0 radical (unpaired) electrons. The Bertz CT molecular complexity index is 948. The van der Waals surface area contributed by atoms with Crippen LogP contribution in [0.2, 0.25) is 0 Å². The van der Waals surface area contributed by atoms with Crippen LogP contribution >= 0.6 is 0 Å². The summed E-state index contributed by atoms with van der Waals surface area (Å²) >= 11 is 0. The number of anilines is 1. The minimum Gasteiger partial charge on any atom is -0.339 e. The second-order valence-electron chi connectivity index (χ2n) is 7.83. The summed E-state index contributed by atoms with van der Waals surface area (Å²) in [5.74, 6) is 1.26. The summed E-state index contributed by atoms with van der Waals surface area (Å²) in [5.41, 5.74) is 0.567. The van der Waals surface area contributed by atoms with E-state index in [9.17, 15) is 13.2 Å². The molecule has 1 N–H and O–H groups in total. The molecule has 0 saturated carbocycles. The van der Waals surface area contributed by atoms with Crippen LogP contribution in [0.3, 0.4) is 0 Å². The Morgan fingerprint density at radius 3 is 2.43 bits per heavy atom. The minimum atomic E-state index is -3.51. The molecular weight excluding hydrogens is 406 g/mol. The number of rotatable bonds is 8. The van der Waals surface area contributed by atoms with Gasteiger partial charge in [-0.3, -0.25) is 4.79 Å². The second kappa shape index (κ2) is 9.67. The highest BCUT2D eigenvalue weighted by atomic mass is 32.2. The summed E-state index contributed by atoms with van der Waals surface area (Å²) in [6.45, 7) is 6.38. The van der Waals surface area contributed by atoms with E-state index < -0.39 is 10.0 Å². The average Bonchev–Trinajstić information content (AvgIpc) is 3.18. The molecule has 1 aliphatic rings. The topological polar surface area (TPSA) is 109 Å². The third-order valence-corrected chi connectivity index (χ3v) is 6.95. The molecule has 0 atom stereocenters. The fraction of sp³-hybridized carbons (Fsp3) is 0.550. The van der Waals surface area contributed by atoms with Crippen molar-refractivity contribution in [3.05, 3.63) is 36.0 Å². The average molecular weight is 436 g/mol. The van der Waals surface area contributed by atoms with Gasteiger partial charge in [-0.25, -0.2) is 8.42 Å². The molecular formula is C20H29N5O4S. The first-order valence-corrected chi connectivity index (χ1v) is 11.6. The molecule has 1 amide bonds. The summed E-state index contributed by atoms with van der Waals surface area (Å²) in [5, 5.41) is 6.70.